The van der Waals surface area contributed by atoms with E-state index in [0.717, 1.165) is 28.0 Å². The fraction of sp³-hybridized carbons (Fsp3) is 0.118. The van der Waals surface area contributed by atoms with Crippen LogP contribution in [0.3, 0.4) is 0 Å². The van der Waals surface area contributed by atoms with E-state index in [1.807, 2.05) is 30.3 Å². The predicted molar refractivity (Wildman–Crippen MR) is 82.0 cm³/mol. The number of hydrogen-bond acceptors (Lipinski definition) is 2. The molecule has 1 heterocycles. The molecule has 2 aromatic carbocycles. The van der Waals surface area contributed by atoms with Crippen molar-refractivity contribution in [2.45, 2.75) is 6.61 Å². The van der Waals surface area contributed by atoms with Gasteiger partial charge >= 0.3 is 5.97 Å². The largest absolute Gasteiger partial charge is 0.488 e. The van der Waals surface area contributed by atoms with Crippen molar-refractivity contribution in [3.63, 3.8) is 0 Å². The molecule has 0 aliphatic carbocycles. The van der Waals surface area contributed by atoms with Gasteiger partial charge in [0.15, 0.2) is 0 Å². The smallest absolute Gasteiger partial charge is 0.335 e. The van der Waals surface area contributed by atoms with Gasteiger partial charge < -0.3 is 9.84 Å². The molecular formula is C17H13ClO3. The lowest BCUT2D eigenvalue weighted by Crippen LogP contribution is -2.01. The minimum Gasteiger partial charge on any atom is -0.488 e. The SMILES string of the molecule is O=C(O)c1ccc2c(c1)C(=CCCl)c1ccccc1OC2. The average molecular weight is 301 g/mol. The number of carboxylic acid groups (broad SMARTS) is 1. The maximum Gasteiger partial charge on any atom is 0.335 e. The van der Waals surface area contributed by atoms with Crippen molar-refractivity contribution in [1.82, 2.24) is 0 Å². The molecule has 3 nitrogen and oxygen atoms in total. The Morgan fingerprint density at radius 3 is 2.81 bits per heavy atom. The molecule has 0 amide bonds. The number of halogens is 1. The summed E-state index contributed by atoms with van der Waals surface area (Å²) in [6.45, 7) is 0.409. The van der Waals surface area contributed by atoms with Crippen LogP contribution in [-0.2, 0) is 6.61 Å². The number of alkyl halides is 1. The van der Waals surface area contributed by atoms with E-state index in [1.54, 1.807) is 18.2 Å². The molecule has 1 aliphatic heterocycles. The number of fused-ring (bicyclic) bond motifs is 2. The highest BCUT2D eigenvalue weighted by Gasteiger charge is 2.20. The van der Waals surface area contributed by atoms with Gasteiger partial charge in [0.25, 0.3) is 0 Å². The zero-order valence-electron chi connectivity index (χ0n) is 11.2. The molecular weight excluding hydrogens is 288 g/mol. The van der Waals surface area contributed by atoms with Gasteiger partial charge in [-0.15, -0.1) is 11.6 Å². The number of aromatic carboxylic acids is 1. The Balaban J connectivity index is 2.24. The highest BCUT2D eigenvalue weighted by molar-refractivity contribution is 6.19. The van der Waals surface area contributed by atoms with Gasteiger partial charge in [-0.2, -0.15) is 0 Å². The molecule has 0 spiro atoms. The van der Waals surface area contributed by atoms with Gasteiger partial charge in [0, 0.05) is 11.4 Å². The molecule has 0 saturated carbocycles. The summed E-state index contributed by atoms with van der Waals surface area (Å²) in [5.74, 6) is 0.184. The van der Waals surface area contributed by atoms with Gasteiger partial charge in [0.05, 0.1) is 5.56 Å². The molecule has 0 atom stereocenters. The lowest BCUT2D eigenvalue weighted by Gasteiger charge is -2.10. The Hall–Kier alpha value is -2.26. The van der Waals surface area contributed by atoms with Crippen LogP contribution in [-0.4, -0.2) is 17.0 Å². The van der Waals surface area contributed by atoms with Crippen LogP contribution in [0, 0.1) is 0 Å². The molecule has 1 aliphatic rings. The van der Waals surface area contributed by atoms with Crippen LogP contribution in [0.1, 0.15) is 27.0 Å². The molecule has 1 N–H and O–H groups in total. The number of allylic oxidation sites excluding steroid dienone is 1. The Morgan fingerprint density at radius 1 is 1.24 bits per heavy atom. The summed E-state index contributed by atoms with van der Waals surface area (Å²) in [5, 5.41) is 9.19. The lowest BCUT2D eigenvalue weighted by molar-refractivity contribution is 0.0697. The second-order valence-corrected chi connectivity index (χ2v) is 5.04. The molecule has 0 radical (unpaired) electrons. The summed E-state index contributed by atoms with van der Waals surface area (Å²) in [4.78, 5) is 11.2. The van der Waals surface area contributed by atoms with Gasteiger partial charge in [0.2, 0.25) is 0 Å². The van der Waals surface area contributed by atoms with Crippen LogP contribution in [0.4, 0.5) is 0 Å². The van der Waals surface area contributed by atoms with Crippen LogP contribution in [0.25, 0.3) is 5.57 Å². The quantitative estimate of drug-likeness (QED) is 0.854. The summed E-state index contributed by atoms with van der Waals surface area (Å²) in [7, 11) is 0. The summed E-state index contributed by atoms with van der Waals surface area (Å²) in [6, 6.07) is 12.8. The van der Waals surface area contributed by atoms with E-state index < -0.39 is 5.97 Å². The van der Waals surface area contributed by atoms with E-state index in [9.17, 15) is 9.90 Å². The number of para-hydroxylation sites is 1. The molecule has 0 unspecified atom stereocenters. The van der Waals surface area contributed by atoms with Crippen molar-refractivity contribution in [2.24, 2.45) is 0 Å². The second kappa shape index (κ2) is 5.62. The molecule has 2 aromatic rings. The molecule has 0 aromatic heterocycles. The number of benzene rings is 2. The minimum absolute atomic E-state index is 0.258. The number of ether oxygens (including phenoxy) is 1. The van der Waals surface area contributed by atoms with Crippen LogP contribution in [0.5, 0.6) is 5.75 Å². The maximum atomic E-state index is 11.2. The van der Waals surface area contributed by atoms with Crippen molar-refractivity contribution < 1.29 is 14.6 Å². The van der Waals surface area contributed by atoms with Gasteiger partial charge in [-0.3, -0.25) is 0 Å². The van der Waals surface area contributed by atoms with Crippen LogP contribution in [0.2, 0.25) is 0 Å². The maximum absolute atomic E-state index is 11.2. The summed E-state index contributed by atoms with van der Waals surface area (Å²) < 4.78 is 5.82. The summed E-state index contributed by atoms with van der Waals surface area (Å²) in [5.41, 5.74) is 3.91. The second-order valence-electron chi connectivity index (χ2n) is 4.73. The highest BCUT2D eigenvalue weighted by Crippen LogP contribution is 2.37. The molecule has 4 heteroatoms. The number of hydrogen-bond donors (Lipinski definition) is 1. The first-order valence-corrected chi connectivity index (χ1v) is 7.09. The molecule has 0 fully saturated rings. The van der Waals surface area contributed by atoms with E-state index in [0.29, 0.717) is 12.5 Å². The van der Waals surface area contributed by atoms with Gasteiger partial charge in [0.1, 0.15) is 12.4 Å². The first-order valence-electron chi connectivity index (χ1n) is 6.55. The van der Waals surface area contributed by atoms with Gasteiger partial charge in [-0.25, -0.2) is 4.79 Å². The summed E-state index contributed by atoms with van der Waals surface area (Å²) in [6.07, 6.45) is 1.89. The lowest BCUT2D eigenvalue weighted by atomic mass is 9.93. The van der Waals surface area contributed by atoms with Crippen molar-refractivity contribution >= 4 is 23.1 Å². The third-order valence-corrected chi connectivity index (χ3v) is 3.64. The van der Waals surface area contributed by atoms with E-state index in [2.05, 4.69) is 0 Å². The monoisotopic (exact) mass is 300 g/mol. The zero-order chi connectivity index (χ0) is 14.8. The molecule has 0 bridgehead atoms. The van der Waals surface area contributed by atoms with E-state index in [-0.39, 0.29) is 5.56 Å². The Labute approximate surface area is 127 Å². The average Bonchev–Trinajstić information content (AvgIpc) is 2.65. The van der Waals surface area contributed by atoms with Crippen LogP contribution in [0.15, 0.2) is 48.5 Å². The van der Waals surface area contributed by atoms with Crippen LogP contribution >= 0.6 is 11.6 Å². The third kappa shape index (κ3) is 2.52. The number of rotatable bonds is 2. The van der Waals surface area contributed by atoms with Crippen molar-refractivity contribution in [3.05, 3.63) is 70.8 Å². The number of carbonyl (C=O) groups is 1. The van der Waals surface area contributed by atoms with E-state index in [4.69, 9.17) is 16.3 Å². The van der Waals surface area contributed by atoms with Crippen molar-refractivity contribution in [3.8, 4) is 5.75 Å². The molecule has 0 saturated heterocycles. The Bertz CT molecular complexity index is 735. The fourth-order valence-corrected chi connectivity index (χ4v) is 2.65. The molecule has 106 valence electrons. The Morgan fingerprint density at radius 2 is 2.05 bits per heavy atom. The molecule has 3 rings (SSSR count). The van der Waals surface area contributed by atoms with Gasteiger partial charge in [-0.05, 0) is 34.9 Å². The van der Waals surface area contributed by atoms with E-state index in [1.165, 1.54) is 0 Å². The van der Waals surface area contributed by atoms with Crippen molar-refractivity contribution in [1.29, 1.82) is 0 Å². The first-order chi connectivity index (χ1) is 10.2. The molecule has 21 heavy (non-hydrogen) atoms. The first kappa shape index (κ1) is 13.7. The minimum atomic E-state index is -0.943. The highest BCUT2D eigenvalue weighted by atomic mass is 35.5. The third-order valence-electron chi connectivity index (χ3n) is 3.49. The van der Waals surface area contributed by atoms with Crippen molar-refractivity contribution in [2.75, 3.05) is 5.88 Å². The van der Waals surface area contributed by atoms with Crippen LogP contribution < -0.4 is 4.74 Å². The van der Waals surface area contributed by atoms with Gasteiger partial charge in [-0.1, -0.05) is 30.3 Å². The fourth-order valence-electron chi connectivity index (χ4n) is 2.50. The normalized spacial score (nSPS) is 14.8. The number of carboxylic acids is 1. The predicted octanol–water partition coefficient (Wildman–Crippen LogP) is 3.95. The zero-order valence-corrected chi connectivity index (χ0v) is 11.9. The topological polar surface area (TPSA) is 46.5 Å². The standard InChI is InChI=1S/C17H13ClO3/c18-8-7-13-14-3-1-2-4-16(14)21-10-12-6-5-11(17(19)20)9-15(12)13/h1-7,9H,8,10H2,(H,19,20). The van der Waals surface area contributed by atoms with E-state index >= 15 is 0 Å². The Kier molecular flexibility index (Phi) is 3.67. The summed E-state index contributed by atoms with van der Waals surface area (Å²) >= 11 is 5.89.